The van der Waals surface area contributed by atoms with Gasteiger partial charge < -0.3 is 9.32 Å². The number of anilines is 1. The largest absolute Gasteiger partial charge is 0.413 e. The van der Waals surface area contributed by atoms with E-state index in [0.29, 0.717) is 17.1 Å². The zero-order valence-electron chi connectivity index (χ0n) is 16.2. The molecule has 3 heterocycles. The topological polar surface area (TPSA) is 72.1 Å². The number of hydrogen-bond donors (Lipinski definition) is 0. The van der Waals surface area contributed by atoms with Crippen LogP contribution in [-0.2, 0) is 6.54 Å². The number of ketones is 1. The second-order valence-corrected chi connectivity index (χ2v) is 8.07. The Bertz CT molecular complexity index is 1230. The van der Waals surface area contributed by atoms with Gasteiger partial charge in [-0.05, 0) is 41.5 Å². The van der Waals surface area contributed by atoms with E-state index in [9.17, 15) is 4.79 Å². The molecule has 2 aromatic heterocycles. The summed E-state index contributed by atoms with van der Waals surface area (Å²) in [5.74, 6) is -0.773. The number of fused-ring (bicyclic) bond motifs is 1. The molecule has 2 unspecified atom stereocenters. The summed E-state index contributed by atoms with van der Waals surface area (Å²) in [5, 5.41) is 8.65. The van der Waals surface area contributed by atoms with Gasteiger partial charge in [0.25, 0.3) is 5.89 Å². The molecule has 4 aromatic rings. The number of alkyl halides is 1. The van der Waals surface area contributed by atoms with Gasteiger partial charge in [0.05, 0.1) is 11.5 Å². The second-order valence-electron chi connectivity index (χ2n) is 7.18. The number of para-hydroxylation sites is 1. The first-order valence-corrected chi connectivity index (χ1v) is 10.5. The zero-order valence-corrected chi connectivity index (χ0v) is 17.7. The first-order valence-electron chi connectivity index (χ1n) is 9.64. The third-order valence-electron chi connectivity index (χ3n) is 5.25. The second kappa shape index (κ2) is 8.13. The van der Waals surface area contributed by atoms with Crippen LogP contribution in [0.25, 0.3) is 11.5 Å². The van der Waals surface area contributed by atoms with Crippen LogP contribution in [-0.4, -0.2) is 26.5 Å². The average molecular weight is 451 g/mol. The number of Topliss-reactive ketones (excluding diaryl/α,β-unsaturated/α-hetero) is 1. The van der Waals surface area contributed by atoms with Gasteiger partial charge in [-0.25, -0.2) is 0 Å². The van der Waals surface area contributed by atoms with Crippen LogP contribution in [0.3, 0.4) is 0 Å². The Labute approximate surface area is 188 Å². The van der Waals surface area contributed by atoms with Gasteiger partial charge >= 0.3 is 0 Å². The molecule has 0 aliphatic carbocycles. The van der Waals surface area contributed by atoms with Crippen LogP contribution in [0.2, 0.25) is 5.02 Å². The number of rotatable bonds is 5. The van der Waals surface area contributed by atoms with Crippen molar-refractivity contribution in [2.45, 2.75) is 18.0 Å². The van der Waals surface area contributed by atoms with Crippen molar-refractivity contribution in [3.63, 3.8) is 0 Å². The summed E-state index contributed by atoms with van der Waals surface area (Å²) in [6.07, 6.45) is 3.25. The van der Waals surface area contributed by atoms with Crippen LogP contribution in [0, 0.1) is 0 Å². The Morgan fingerprint density at radius 3 is 2.61 bits per heavy atom. The lowest BCUT2D eigenvalue weighted by molar-refractivity contribution is 0.0926. The molecule has 0 saturated heterocycles. The quantitative estimate of drug-likeness (QED) is 0.232. The number of halogens is 2. The Hall–Kier alpha value is -3.22. The number of nitrogens with zero attached hydrogens (tertiary/aromatic N) is 4. The molecule has 2 aromatic carbocycles. The summed E-state index contributed by atoms with van der Waals surface area (Å²) in [6.45, 7) is 0.539. The van der Waals surface area contributed by atoms with Gasteiger partial charge in [-0.1, -0.05) is 53.5 Å². The highest BCUT2D eigenvalue weighted by Gasteiger charge is 2.43. The van der Waals surface area contributed by atoms with E-state index in [1.807, 2.05) is 53.4 Å². The van der Waals surface area contributed by atoms with Gasteiger partial charge in [-0.3, -0.25) is 9.78 Å². The maximum Gasteiger partial charge on any atom is 0.285 e. The van der Waals surface area contributed by atoms with Crippen molar-refractivity contribution in [2.75, 3.05) is 4.90 Å². The normalized spacial score (nSPS) is 17.5. The highest BCUT2D eigenvalue weighted by Crippen LogP contribution is 2.45. The van der Waals surface area contributed by atoms with Gasteiger partial charge in [0.2, 0.25) is 11.7 Å². The number of benzene rings is 2. The molecule has 1 aliphatic heterocycles. The van der Waals surface area contributed by atoms with E-state index in [4.69, 9.17) is 27.6 Å². The Kier molecular flexibility index (Phi) is 5.18. The van der Waals surface area contributed by atoms with Gasteiger partial charge in [0, 0.05) is 29.6 Å². The molecule has 0 bridgehead atoms. The summed E-state index contributed by atoms with van der Waals surface area (Å²) in [5.41, 5.74) is 2.82. The minimum Gasteiger partial charge on any atom is -0.413 e. The van der Waals surface area contributed by atoms with Crippen LogP contribution < -0.4 is 4.90 Å². The fourth-order valence-corrected chi connectivity index (χ4v) is 4.31. The molecule has 5 rings (SSSR count). The highest BCUT2D eigenvalue weighted by atomic mass is 35.5. The maximum absolute atomic E-state index is 13.4. The van der Waals surface area contributed by atoms with Crippen LogP contribution in [0.1, 0.15) is 27.7 Å². The molecule has 31 heavy (non-hydrogen) atoms. The molecule has 154 valence electrons. The summed E-state index contributed by atoms with van der Waals surface area (Å²) < 4.78 is 5.67. The molecule has 2 atom stereocenters. The third-order valence-corrected chi connectivity index (χ3v) is 5.99. The van der Waals surface area contributed by atoms with E-state index in [-0.39, 0.29) is 17.6 Å². The van der Waals surface area contributed by atoms with Crippen molar-refractivity contribution in [2.24, 2.45) is 0 Å². The van der Waals surface area contributed by atoms with Crippen LogP contribution >= 0.6 is 23.2 Å². The molecule has 8 heteroatoms. The minimum atomic E-state index is -0.632. The van der Waals surface area contributed by atoms with Gasteiger partial charge in [0.15, 0.2) is 0 Å². The van der Waals surface area contributed by atoms with E-state index < -0.39 is 11.4 Å². The molecular formula is C23H16Cl2N4O2. The number of aromatic nitrogens is 3. The number of hydrogen-bond acceptors (Lipinski definition) is 6. The standard InChI is InChI=1S/C23H16Cl2N4O2/c24-16-9-7-14(8-10-16)13-29-18-6-2-1-5-17(18)19(21(29)25)20(30)23-28-27-22(31-23)15-4-3-11-26-12-15/h1-12,19,21H,13H2. The summed E-state index contributed by atoms with van der Waals surface area (Å²) in [7, 11) is 0. The Morgan fingerprint density at radius 1 is 1.03 bits per heavy atom. The first kappa shape index (κ1) is 19.7. The monoisotopic (exact) mass is 450 g/mol. The lowest BCUT2D eigenvalue weighted by Gasteiger charge is -2.25. The van der Waals surface area contributed by atoms with Crippen LogP contribution in [0.15, 0.2) is 77.5 Å². The molecule has 0 N–H and O–H groups in total. The number of pyridine rings is 1. The molecular weight excluding hydrogens is 435 g/mol. The van der Waals surface area contributed by atoms with E-state index in [0.717, 1.165) is 16.8 Å². The molecule has 6 nitrogen and oxygen atoms in total. The first-order chi connectivity index (χ1) is 15.1. The van der Waals surface area contributed by atoms with E-state index >= 15 is 0 Å². The summed E-state index contributed by atoms with van der Waals surface area (Å²) in [4.78, 5) is 19.4. The van der Waals surface area contributed by atoms with E-state index in [2.05, 4.69) is 15.2 Å². The third kappa shape index (κ3) is 3.69. The lowest BCUT2D eigenvalue weighted by atomic mass is 9.96. The molecule has 0 saturated carbocycles. The number of carbonyl (C=O) groups excluding carboxylic acids is 1. The van der Waals surface area contributed by atoms with Crippen molar-refractivity contribution in [3.05, 3.63) is 95.1 Å². The molecule has 0 fully saturated rings. The van der Waals surface area contributed by atoms with Crippen molar-refractivity contribution >= 4 is 34.7 Å². The SMILES string of the molecule is O=C(c1nnc(-c2cccnc2)o1)C1c2ccccc2N(Cc2ccc(Cl)cc2)C1Cl. The highest BCUT2D eigenvalue weighted by molar-refractivity contribution is 6.30. The Balaban J connectivity index is 1.46. The van der Waals surface area contributed by atoms with Gasteiger partial charge in [0.1, 0.15) is 5.50 Å². The van der Waals surface area contributed by atoms with Gasteiger partial charge in [-0.15, -0.1) is 10.2 Å². The predicted molar refractivity (Wildman–Crippen MR) is 118 cm³/mol. The van der Waals surface area contributed by atoms with Crippen molar-refractivity contribution in [1.29, 1.82) is 0 Å². The Morgan fingerprint density at radius 2 is 1.84 bits per heavy atom. The van der Waals surface area contributed by atoms with Crippen LogP contribution in [0.5, 0.6) is 0 Å². The fourth-order valence-electron chi connectivity index (χ4n) is 3.76. The number of carbonyl (C=O) groups is 1. The molecule has 0 amide bonds. The minimum absolute atomic E-state index is 0.0716. The molecule has 0 spiro atoms. The van der Waals surface area contributed by atoms with Gasteiger partial charge in [-0.2, -0.15) is 0 Å². The van der Waals surface area contributed by atoms with Crippen molar-refractivity contribution in [1.82, 2.24) is 15.2 Å². The fraction of sp³-hybridized carbons (Fsp3) is 0.130. The summed E-state index contributed by atoms with van der Waals surface area (Å²) >= 11 is 12.8. The molecule has 1 aliphatic rings. The van der Waals surface area contributed by atoms with E-state index in [1.165, 1.54) is 0 Å². The maximum atomic E-state index is 13.4. The average Bonchev–Trinajstić information content (AvgIpc) is 3.40. The smallest absolute Gasteiger partial charge is 0.285 e. The van der Waals surface area contributed by atoms with Crippen molar-refractivity contribution < 1.29 is 9.21 Å². The molecule has 0 radical (unpaired) electrons. The predicted octanol–water partition coefficient (Wildman–Crippen LogP) is 5.34. The zero-order chi connectivity index (χ0) is 21.4. The van der Waals surface area contributed by atoms with E-state index in [1.54, 1.807) is 24.5 Å². The summed E-state index contributed by atoms with van der Waals surface area (Å²) in [6, 6.07) is 18.8. The van der Waals surface area contributed by atoms with Crippen LogP contribution in [0.4, 0.5) is 5.69 Å². The lowest BCUT2D eigenvalue weighted by Crippen LogP contribution is -2.32. The van der Waals surface area contributed by atoms with Crippen molar-refractivity contribution in [3.8, 4) is 11.5 Å².